The molecule has 0 aromatic carbocycles. The van der Waals surface area contributed by atoms with Gasteiger partial charge in [0.05, 0.1) is 0 Å². The molecule has 1 aliphatic heterocycles. The zero-order valence-corrected chi connectivity index (χ0v) is 12.4. The number of hydrogen-bond acceptors (Lipinski definition) is 6. The Kier molecular flexibility index (Phi) is 4.08. The monoisotopic (exact) mass is 278 g/mol. The molecule has 1 unspecified atom stereocenters. The summed E-state index contributed by atoms with van der Waals surface area (Å²) in [5.41, 5.74) is 3.41. The van der Waals surface area contributed by atoms with Crippen molar-refractivity contribution in [3.8, 4) is 0 Å². The zero-order valence-electron chi connectivity index (χ0n) is 12.4. The Morgan fingerprint density at radius 1 is 1.35 bits per heavy atom. The number of likely N-dealkylation sites (tertiary alicyclic amines) is 1. The summed E-state index contributed by atoms with van der Waals surface area (Å²) in [4.78, 5) is 22.6. The number of rotatable bonds is 4. The lowest BCUT2D eigenvalue weighted by Crippen LogP contribution is -2.31. The van der Waals surface area contributed by atoms with Gasteiger partial charge >= 0.3 is 0 Å². The van der Waals surface area contributed by atoms with Gasteiger partial charge in [-0.15, -0.1) is 0 Å². The maximum atomic E-state index is 12.0. The lowest BCUT2D eigenvalue weighted by molar-refractivity contribution is -0.127. The molecule has 20 heavy (non-hydrogen) atoms. The Labute approximate surface area is 118 Å². The predicted octanol–water partition coefficient (Wildman–Crippen LogP) is 0.837. The number of hydrogen-bond donors (Lipinski definition) is 3. The predicted molar refractivity (Wildman–Crippen MR) is 78.3 cm³/mol. The van der Waals surface area contributed by atoms with E-state index in [0.29, 0.717) is 17.5 Å². The molecule has 0 bridgehead atoms. The van der Waals surface area contributed by atoms with Crippen LogP contribution in [0.15, 0.2) is 0 Å². The van der Waals surface area contributed by atoms with E-state index in [4.69, 9.17) is 5.84 Å². The van der Waals surface area contributed by atoms with Crippen LogP contribution in [0, 0.1) is 6.92 Å². The van der Waals surface area contributed by atoms with Gasteiger partial charge in [-0.25, -0.2) is 15.8 Å². The van der Waals surface area contributed by atoms with Crippen molar-refractivity contribution in [1.82, 2.24) is 14.9 Å². The lowest BCUT2D eigenvalue weighted by Gasteiger charge is -2.18. The van der Waals surface area contributed by atoms with Gasteiger partial charge in [0.15, 0.2) is 0 Å². The van der Waals surface area contributed by atoms with Crippen molar-refractivity contribution in [2.24, 2.45) is 5.84 Å². The summed E-state index contributed by atoms with van der Waals surface area (Å²) >= 11 is 0. The van der Waals surface area contributed by atoms with Crippen LogP contribution in [0.3, 0.4) is 0 Å². The summed E-state index contributed by atoms with van der Waals surface area (Å²) in [7, 11) is 1.81. The summed E-state index contributed by atoms with van der Waals surface area (Å²) in [5, 5.41) is 3.22. The molecule has 0 radical (unpaired) electrons. The summed E-state index contributed by atoms with van der Waals surface area (Å²) < 4.78 is 0. The first-order chi connectivity index (χ1) is 9.43. The van der Waals surface area contributed by atoms with Crippen molar-refractivity contribution in [2.45, 2.75) is 39.2 Å². The fourth-order valence-electron chi connectivity index (χ4n) is 2.19. The molecule has 1 aromatic heterocycles. The zero-order chi connectivity index (χ0) is 14.9. The first-order valence-corrected chi connectivity index (χ1v) is 6.80. The highest BCUT2D eigenvalue weighted by Crippen LogP contribution is 2.24. The molecule has 1 fully saturated rings. The van der Waals surface area contributed by atoms with Crippen LogP contribution in [-0.4, -0.2) is 40.4 Å². The lowest BCUT2D eigenvalue weighted by atomic mass is 10.2. The van der Waals surface area contributed by atoms with Gasteiger partial charge in [0.2, 0.25) is 5.91 Å². The van der Waals surface area contributed by atoms with Crippen LogP contribution in [0.4, 0.5) is 11.6 Å². The van der Waals surface area contributed by atoms with Gasteiger partial charge < -0.3 is 15.6 Å². The molecule has 1 saturated heterocycles. The van der Waals surface area contributed by atoms with Gasteiger partial charge in [0.1, 0.15) is 23.5 Å². The van der Waals surface area contributed by atoms with E-state index in [-0.39, 0.29) is 17.9 Å². The maximum Gasteiger partial charge on any atom is 0.244 e. The highest BCUT2D eigenvalue weighted by Gasteiger charge is 2.30. The van der Waals surface area contributed by atoms with Gasteiger partial charge in [-0.3, -0.25) is 4.79 Å². The van der Waals surface area contributed by atoms with E-state index in [0.717, 1.165) is 18.5 Å². The molecule has 0 aliphatic carbocycles. The number of nitrogen functional groups attached to an aromatic ring is 1. The minimum atomic E-state index is -0.223. The molecule has 0 saturated carbocycles. The number of anilines is 2. The third-order valence-corrected chi connectivity index (χ3v) is 3.55. The highest BCUT2D eigenvalue weighted by atomic mass is 16.2. The molecular formula is C13H22N6O. The van der Waals surface area contributed by atoms with Crippen LogP contribution < -0.4 is 16.6 Å². The van der Waals surface area contributed by atoms with Crippen molar-refractivity contribution >= 4 is 17.5 Å². The molecule has 1 aromatic rings. The third kappa shape index (κ3) is 2.67. The topological polar surface area (TPSA) is 96.2 Å². The second-order valence-electron chi connectivity index (χ2n) is 5.45. The van der Waals surface area contributed by atoms with Crippen LogP contribution >= 0.6 is 0 Å². The Morgan fingerprint density at radius 3 is 2.50 bits per heavy atom. The summed E-state index contributed by atoms with van der Waals surface area (Å²) in [6.45, 7) is 6.68. The van der Waals surface area contributed by atoms with Gasteiger partial charge in [-0.1, -0.05) is 13.8 Å². The third-order valence-electron chi connectivity index (χ3n) is 3.55. The standard InChI is InChI=1S/C13H22N6O/c1-7(2)10-16-11(8(3)12(17-10)18-14)15-9-5-6-19(4)13(9)20/h7,9H,5-6,14H2,1-4H3,(H2,15,16,17,18). The van der Waals surface area contributed by atoms with Gasteiger partial charge in [0, 0.05) is 25.1 Å². The van der Waals surface area contributed by atoms with E-state index in [1.807, 2.05) is 27.8 Å². The first kappa shape index (κ1) is 14.5. The molecule has 7 nitrogen and oxygen atoms in total. The second kappa shape index (κ2) is 5.62. The molecule has 110 valence electrons. The van der Waals surface area contributed by atoms with Crippen LogP contribution in [0.2, 0.25) is 0 Å². The van der Waals surface area contributed by atoms with E-state index in [9.17, 15) is 4.79 Å². The number of nitrogens with two attached hydrogens (primary N) is 1. The molecule has 4 N–H and O–H groups in total. The van der Waals surface area contributed by atoms with E-state index in [2.05, 4.69) is 20.7 Å². The SMILES string of the molecule is Cc1c(NN)nc(C(C)C)nc1NC1CCN(C)C1=O. The molecule has 2 rings (SSSR count). The Bertz CT molecular complexity index is 516. The minimum absolute atomic E-state index is 0.0939. The van der Waals surface area contributed by atoms with Gasteiger partial charge in [0.25, 0.3) is 0 Å². The summed E-state index contributed by atoms with van der Waals surface area (Å²) in [5.74, 6) is 7.74. The summed E-state index contributed by atoms with van der Waals surface area (Å²) in [6.07, 6.45) is 0.779. The molecule has 1 atom stereocenters. The summed E-state index contributed by atoms with van der Waals surface area (Å²) in [6, 6.07) is -0.223. The number of amides is 1. The van der Waals surface area contributed by atoms with E-state index in [1.54, 1.807) is 4.90 Å². The average molecular weight is 278 g/mol. The van der Waals surface area contributed by atoms with Crippen molar-refractivity contribution in [1.29, 1.82) is 0 Å². The van der Waals surface area contributed by atoms with Crippen molar-refractivity contribution in [3.05, 3.63) is 11.4 Å². The van der Waals surface area contributed by atoms with Gasteiger partial charge in [-0.2, -0.15) is 0 Å². The Hall–Kier alpha value is -1.89. The number of aromatic nitrogens is 2. The fraction of sp³-hybridized carbons (Fsp3) is 0.615. The van der Waals surface area contributed by atoms with E-state index in [1.165, 1.54) is 0 Å². The number of hydrazine groups is 1. The number of carbonyl (C=O) groups is 1. The fourth-order valence-corrected chi connectivity index (χ4v) is 2.19. The van der Waals surface area contributed by atoms with Crippen LogP contribution in [-0.2, 0) is 4.79 Å². The molecule has 1 aliphatic rings. The largest absolute Gasteiger partial charge is 0.358 e. The highest BCUT2D eigenvalue weighted by molar-refractivity contribution is 5.86. The normalized spacial score (nSPS) is 18.8. The van der Waals surface area contributed by atoms with Crippen LogP contribution in [0.25, 0.3) is 0 Å². The quantitative estimate of drug-likeness (QED) is 0.558. The minimum Gasteiger partial charge on any atom is -0.358 e. The molecule has 7 heteroatoms. The number of likely N-dealkylation sites (N-methyl/N-ethyl adjacent to an activating group) is 1. The van der Waals surface area contributed by atoms with Crippen molar-refractivity contribution in [3.63, 3.8) is 0 Å². The molecular weight excluding hydrogens is 256 g/mol. The maximum absolute atomic E-state index is 12.0. The molecule has 2 heterocycles. The first-order valence-electron chi connectivity index (χ1n) is 6.80. The molecule has 1 amide bonds. The van der Waals surface area contributed by atoms with Gasteiger partial charge in [-0.05, 0) is 13.3 Å². The van der Waals surface area contributed by atoms with E-state index < -0.39 is 0 Å². The Balaban J connectivity index is 2.31. The average Bonchev–Trinajstić information content (AvgIpc) is 2.72. The molecule has 0 spiro atoms. The van der Waals surface area contributed by atoms with Crippen molar-refractivity contribution < 1.29 is 4.79 Å². The van der Waals surface area contributed by atoms with Crippen LogP contribution in [0.1, 0.15) is 37.6 Å². The second-order valence-corrected chi connectivity index (χ2v) is 5.45. The number of nitrogens with zero attached hydrogens (tertiary/aromatic N) is 3. The smallest absolute Gasteiger partial charge is 0.244 e. The number of nitrogens with one attached hydrogen (secondary N) is 2. The number of carbonyl (C=O) groups excluding carboxylic acids is 1. The Morgan fingerprint density at radius 2 is 2.00 bits per heavy atom. The van der Waals surface area contributed by atoms with E-state index >= 15 is 0 Å². The van der Waals surface area contributed by atoms with Crippen LogP contribution in [0.5, 0.6) is 0 Å². The van der Waals surface area contributed by atoms with Crippen molar-refractivity contribution in [2.75, 3.05) is 24.3 Å².